The number of hydrogen-bond acceptors (Lipinski definition) is 5. The number of carbonyl (C=O) groups is 1. The van der Waals surface area contributed by atoms with Crippen molar-refractivity contribution in [2.75, 3.05) is 13.1 Å². The second-order valence-electron chi connectivity index (χ2n) is 2.97. The van der Waals surface area contributed by atoms with Crippen LogP contribution in [0.4, 0.5) is 0 Å². The number of aldehydes is 1. The van der Waals surface area contributed by atoms with Crippen molar-refractivity contribution in [1.82, 2.24) is 10.6 Å². The minimum Gasteiger partial charge on any atom is -0.361 e. The zero-order chi connectivity index (χ0) is 8.39. The third kappa shape index (κ3) is 1.27. The second kappa shape index (κ2) is 3.10. The van der Waals surface area contributed by atoms with Gasteiger partial charge < -0.3 is 15.5 Å². The van der Waals surface area contributed by atoms with Gasteiger partial charge in [0.25, 0.3) is 6.23 Å². The number of rotatable bonds is 2. The summed E-state index contributed by atoms with van der Waals surface area (Å²) in [5.41, 5.74) is 0. The van der Waals surface area contributed by atoms with Gasteiger partial charge in [0.15, 0.2) is 6.29 Å². The van der Waals surface area contributed by atoms with E-state index in [1.807, 2.05) is 0 Å². The Bertz CT molecular complexity index is 211. The molecule has 5 nitrogen and oxygen atoms in total. The summed E-state index contributed by atoms with van der Waals surface area (Å²) in [5.74, 6) is 1.19. The number of nitrogens with one attached hydrogen (secondary N) is 2. The highest BCUT2D eigenvalue weighted by molar-refractivity contribution is 5.87. The molecular formula is C7H11N3O2. The van der Waals surface area contributed by atoms with E-state index >= 15 is 0 Å². The zero-order valence-electron chi connectivity index (χ0n) is 6.62. The van der Waals surface area contributed by atoms with Crippen LogP contribution in [0, 0.1) is 5.92 Å². The highest BCUT2D eigenvalue weighted by Gasteiger charge is 2.27. The predicted octanol–water partition coefficient (Wildman–Crippen LogP) is -0.946. The van der Waals surface area contributed by atoms with Crippen molar-refractivity contribution in [2.45, 2.75) is 12.6 Å². The van der Waals surface area contributed by atoms with Crippen molar-refractivity contribution >= 4 is 12.1 Å². The molecule has 0 spiro atoms. The topological polar surface area (TPSA) is 62.7 Å². The first kappa shape index (κ1) is 7.54. The number of hydrogen-bond donors (Lipinski definition) is 2. The summed E-state index contributed by atoms with van der Waals surface area (Å²) in [6.07, 6.45) is 1.19. The first-order valence-electron chi connectivity index (χ1n) is 4.06. The molecule has 2 rings (SSSR count). The lowest BCUT2D eigenvalue weighted by Crippen LogP contribution is -2.35. The van der Waals surface area contributed by atoms with Crippen molar-refractivity contribution in [1.29, 1.82) is 0 Å². The van der Waals surface area contributed by atoms with E-state index in [4.69, 9.17) is 4.84 Å². The molecule has 2 aliphatic rings. The molecule has 0 saturated carbocycles. The minimum absolute atomic E-state index is 0.384. The lowest BCUT2D eigenvalue weighted by molar-refractivity contribution is -0.117. The van der Waals surface area contributed by atoms with Gasteiger partial charge in [0, 0.05) is 12.5 Å². The van der Waals surface area contributed by atoms with Crippen molar-refractivity contribution in [3.05, 3.63) is 0 Å². The molecule has 0 bridgehead atoms. The fraction of sp³-hybridized carbons (Fsp3) is 0.714. The van der Waals surface area contributed by atoms with Gasteiger partial charge >= 0.3 is 0 Å². The van der Waals surface area contributed by atoms with Gasteiger partial charge in [-0.15, -0.1) is 0 Å². The van der Waals surface area contributed by atoms with Crippen LogP contribution in [0.25, 0.3) is 0 Å². The van der Waals surface area contributed by atoms with Crippen LogP contribution >= 0.6 is 0 Å². The van der Waals surface area contributed by atoms with Crippen molar-refractivity contribution in [2.24, 2.45) is 11.1 Å². The monoisotopic (exact) mass is 169 g/mol. The number of amidine groups is 1. The van der Waals surface area contributed by atoms with Crippen LogP contribution in [0.3, 0.4) is 0 Å². The molecule has 0 radical (unpaired) electrons. The summed E-state index contributed by atoms with van der Waals surface area (Å²) < 4.78 is 0. The van der Waals surface area contributed by atoms with Crippen LogP contribution in [0.15, 0.2) is 5.16 Å². The SMILES string of the molecule is O=CC1NC(C2CCNC2)=NO1. The molecule has 1 fully saturated rings. The summed E-state index contributed by atoms with van der Waals surface area (Å²) in [6, 6.07) is 0. The molecular weight excluding hydrogens is 158 g/mol. The highest BCUT2D eigenvalue weighted by Crippen LogP contribution is 2.12. The maximum absolute atomic E-state index is 10.3. The van der Waals surface area contributed by atoms with Gasteiger partial charge in [-0.25, -0.2) is 0 Å². The van der Waals surface area contributed by atoms with Gasteiger partial charge in [-0.05, 0) is 13.0 Å². The van der Waals surface area contributed by atoms with Crippen LogP contribution < -0.4 is 10.6 Å². The highest BCUT2D eigenvalue weighted by atomic mass is 16.7. The zero-order valence-corrected chi connectivity index (χ0v) is 6.62. The Labute approximate surface area is 70.1 Å². The maximum Gasteiger partial charge on any atom is 0.254 e. The van der Waals surface area contributed by atoms with Crippen molar-refractivity contribution in [3.63, 3.8) is 0 Å². The largest absolute Gasteiger partial charge is 0.361 e. The van der Waals surface area contributed by atoms with Gasteiger partial charge in [-0.1, -0.05) is 5.16 Å². The van der Waals surface area contributed by atoms with Crippen molar-refractivity contribution < 1.29 is 9.63 Å². The van der Waals surface area contributed by atoms with E-state index in [-0.39, 0.29) is 0 Å². The van der Waals surface area contributed by atoms with Crippen LogP contribution in [0.2, 0.25) is 0 Å². The molecule has 0 aromatic rings. The summed E-state index contributed by atoms with van der Waals surface area (Å²) >= 11 is 0. The Morgan fingerprint density at radius 3 is 3.17 bits per heavy atom. The standard InChI is InChI=1S/C7H11N3O2/c11-4-6-9-7(10-12-6)5-1-2-8-3-5/h4-6,8H,1-3H2,(H,9,10). The maximum atomic E-state index is 10.3. The smallest absolute Gasteiger partial charge is 0.254 e. The molecule has 12 heavy (non-hydrogen) atoms. The van der Waals surface area contributed by atoms with Crippen LogP contribution in [-0.2, 0) is 9.63 Å². The predicted molar refractivity (Wildman–Crippen MR) is 42.5 cm³/mol. The summed E-state index contributed by atoms with van der Waals surface area (Å²) in [7, 11) is 0. The van der Waals surface area contributed by atoms with Crippen LogP contribution in [0.5, 0.6) is 0 Å². The van der Waals surface area contributed by atoms with Crippen molar-refractivity contribution in [3.8, 4) is 0 Å². The molecule has 0 aliphatic carbocycles. The Kier molecular flexibility index (Phi) is 1.95. The molecule has 2 atom stereocenters. The fourth-order valence-electron chi connectivity index (χ4n) is 1.45. The second-order valence-corrected chi connectivity index (χ2v) is 2.97. The first-order chi connectivity index (χ1) is 5.90. The minimum atomic E-state index is -0.569. The fourth-order valence-corrected chi connectivity index (χ4v) is 1.45. The Hall–Kier alpha value is -1.10. The molecule has 0 aromatic heterocycles. The van der Waals surface area contributed by atoms with E-state index in [1.54, 1.807) is 0 Å². The molecule has 1 saturated heterocycles. The molecule has 2 aliphatic heterocycles. The lowest BCUT2D eigenvalue weighted by atomic mass is 10.1. The normalized spacial score (nSPS) is 33.8. The Morgan fingerprint density at radius 1 is 1.67 bits per heavy atom. The third-order valence-corrected chi connectivity index (χ3v) is 2.13. The average molecular weight is 169 g/mol. The van der Waals surface area contributed by atoms with Gasteiger partial charge in [0.05, 0.1) is 0 Å². The Morgan fingerprint density at radius 2 is 2.58 bits per heavy atom. The third-order valence-electron chi connectivity index (χ3n) is 2.13. The van der Waals surface area contributed by atoms with Gasteiger partial charge in [0.2, 0.25) is 0 Å². The number of carbonyl (C=O) groups excluding carboxylic acids is 1. The van der Waals surface area contributed by atoms with Gasteiger partial charge in [-0.2, -0.15) is 0 Å². The molecule has 5 heteroatoms. The van der Waals surface area contributed by atoms with E-state index in [0.717, 1.165) is 25.3 Å². The van der Waals surface area contributed by atoms with Gasteiger partial charge in [-0.3, -0.25) is 4.79 Å². The van der Waals surface area contributed by atoms with E-state index < -0.39 is 6.23 Å². The van der Waals surface area contributed by atoms with Crippen LogP contribution in [0.1, 0.15) is 6.42 Å². The number of nitrogens with zero attached hydrogens (tertiary/aromatic N) is 1. The van der Waals surface area contributed by atoms with Gasteiger partial charge in [0.1, 0.15) is 5.84 Å². The molecule has 66 valence electrons. The molecule has 0 aromatic carbocycles. The van der Waals surface area contributed by atoms with E-state index in [0.29, 0.717) is 12.2 Å². The van der Waals surface area contributed by atoms with Crippen LogP contribution in [-0.4, -0.2) is 31.4 Å². The first-order valence-corrected chi connectivity index (χ1v) is 4.06. The molecule has 2 heterocycles. The van der Waals surface area contributed by atoms with E-state index in [1.165, 1.54) is 0 Å². The van der Waals surface area contributed by atoms with E-state index in [2.05, 4.69) is 15.8 Å². The Balaban J connectivity index is 1.93. The average Bonchev–Trinajstić information content (AvgIpc) is 2.75. The number of oxime groups is 1. The molecule has 2 unspecified atom stereocenters. The quantitative estimate of drug-likeness (QED) is 0.523. The summed E-state index contributed by atoms with van der Waals surface area (Å²) in [4.78, 5) is 15.1. The lowest BCUT2D eigenvalue weighted by Gasteiger charge is -2.06. The van der Waals surface area contributed by atoms with E-state index in [9.17, 15) is 4.79 Å². The molecule has 0 amide bonds. The summed E-state index contributed by atoms with van der Waals surface area (Å²) in [6.45, 7) is 1.93. The molecule has 2 N–H and O–H groups in total. The summed E-state index contributed by atoms with van der Waals surface area (Å²) in [5, 5.41) is 9.92.